The van der Waals surface area contributed by atoms with Crippen LogP contribution in [0, 0.1) is 20.8 Å². The van der Waals surface area contributed by atoms with Gasteiger partial charge in [-0.3, -0.25) is 0 Å². The van der Waals surface area contributed by atoms with Gasteiger partial charge in [0, 0.05) is 5.69 Å². The minimum atomic E-state index is 0.758. The molecular formula is C16H19NO2. The van der Waals surface area contributed by atoms with Crippen molar-refractivity contribution in [3.05, 3.63) is 47.0 Å². The summed E-state index contributed by atoms with van der Waals surface area (Å²) in [6.07, 6.45) is 0. The summed E-state index contributed by atoms with van der Waals surface area (Å²) in [7, 11) is 1.66. The summed E-state index contributed by atoms with van der Waals surface area (Å²) < 4.78 is 11.2. The smallest absolute Gasteiger partial charge is 0.133 e. The van der Waals surface area contributed by atoms with E-state index in [1.165, 1.54) is 0 Å². The number of rotatable bonds is 3. The van der Waals surface area contributed by atoms with Crippen molar-refractivity contribution >= 4 is 5.69 Å². The lowest BCUT2D eigenvalue weighted by Gasteiger charge is -2.14. The lowest BCUT2D eigenvalue weighted by molar-refractivity contribution is 0.409. The molecule has 2 N–H and O–H groups in total. The van der Waals surface area contributed by atoms with E-state index >= 15 is 0 Å². The van der Waals surface area contributed by atoms with Crippen LogP contribution in [0.3, 0.4) is 0 Å². The first-order chi connectivity index (χ1) is 9.01. The molecule has 3 nitrogen and oxygen atoms in total. The Morgan fingerprint density at radius 2 is 1.53 bits per heavy atom. The van der Waals surface area contributed by atoms with Gasteiger partial charge in [0.2, 0.25) is 0 Å². The van der Waals surface area contributed by atoms with Crippen LogP contribution in [0.25, 0.3) is 0 Å². The van der Waals surface area contributed by atoms with Gasteiger partial charge in [0.25, 0.3) is 0 Å². The monoisotopic (exact) mass is 257 g/mol. The highest BCUT2D eigenvalue weighted by Gasteiger charge is 2.08. The van der Waals surface area contributed by atoms with Crippen molar-refractivity contribution < 1.29 is 9.47 Å². The average molecular weight is 257 g/mol. The van der Waals surface area contributed by atoms with E-state index in [2.05, 4.69) is 0 Å². The second-order valence-electron chi connectivity index (χ2n) is 4.72. The summed E-state index contributed by atoms with van der Waals surface area (Å²) in [5.41, 5.74) is 9.68. The Balaban J connectivity index is 2.34. The summed E-state index contributed by atoms with van der Waals surface area (Å²) in [5, 5.41) is 0. The zero-order valence-corrected chi connectivity index (χ0v) is 11.8. The predicted octanol–water partition coefficient (Wildman–Crippen LogP) is 3.99. The first-order valence-electron chi connectivity index (χ1n) is 6.20. The van der Waals surface area contributed by atoms with Crippen LogP contribution in [0.5, 0.6) is 17.2 Å². The molecule has 0 saturated carbocycles. The van der Waals surface area contributed by atoms with E-state index in [-0.39, 0.29) is 0 Å². The molecule has 2 aromatic rings. The Morgan fingerprint density at radius 1 is 0.895 bits per heavy atom. The van der Waals surface area contributed by atoms with Crippen molar-refractivity contribution in [3.63, 3.8) is 0 Å². The molecule has 0 aromatic heterocycles. The molecule has 0 aliphatic heterocycles. The molecule has 2 rings (SSSR count). The van der Waals surface area contributed by atoms with Crippen molar-refractivity contribution in [2.45, 2.75) is 20.8 Å². The number of aryl methyl sites for hydroxylation is 3. The maximum Gasteiger partial charge on any atom is 0.133 e. The second-order valence-corrected chi connectivity index (χ2v) is 4.72. The Labute approximate surface area is 114 Å². The van der Waals surface area contributed by atoms with Crippen molar-refractivity contribution in [1.29, 1.82) is 0 Å². The Bertz CT molecular complexity index is 583. The standard InChI is InChI=1S/C16H19NO2/c1-10-9-14(5-6-15(10)18-4)19-16-11(2)7-13(17)8-12(16)3/h5-9H,17H2,1-4H3. The van der Waals surface area contributed by atoms with Crippen LogP contribution in [0.1, 0.15) is 16.7 Å². The van der Waals surface area contributed by atoms with Crippen molar-refractivity contribution in [2.75, 3.05) is 12.8 Å². The van der Waals surface area contributed by atoms with Gasteiger partial charge < -0.3 is 15.2 Å². The van der Waals surface area contributed by atoms with E-state index in [9.17, 15) is 0 Å². The number of hydrogen-bond donors (Lipinski definition) is 1. The third-order valence-corrected chi connectivity index (χ3v) is 3.07. The van der Waals surface area contributed by atoms with Crippen LogP contribution in [0.4, 0.5) is 5.69 Å². The molecule has 0 spiro atoms. The largest absolute Gasteiger partial charge is 0.496 e. The maximum atomic E-state index is 5.96. The Kier molecular flexibility index (Phi) is 3.65. The molecular weight excluding hydrogens is 238 g/mol. The first kappa shape index (κ1) is 13.3. The molecule has 0 amide bonds. The lowest BCUT2D eigenvalue weighted by Crippen LogP contribution is -1.95. The van der Waals surface area contributed by atoms with E-state index in [0.717, 1.165) is 39.6 Å². The van der Waals surface area contributed by atoms with Crippen molar-refractivity contribution in [1.82, 2.24) is 0 Å². The van der Waals surface area contributed by atoms with Crippen LogP contribution < -0.4 is 15.2 Å². The predicted molar refractivity (Wildman–Crippen MR) is 78.1 cm³/mol. The third kappa shape index (κ3) is 2.81. The van der Waals surface area contributed by atoms with Gasteiger partial charge in [-0.1, -0.05) is 0 Å². The van der Waals surface area contributed by atoms with Gasteiger partial charge in [-0.2, -0.15) is 0 Å². The fourth-order valence-electron chi connectivity index (χ4n) is 2.18. The molecule has 0 aliphatic rings. The number of hydrogen-bond acceptors (Lipinski definition) is 3. The number of nitrogen functional groups attached to an aromatic ring is 1. The molecule has 0 radical (unpaired) electrons. The van der Waals surface area contributed by atoms with Gasteiger partial charge >= 0.3 is 0 Å². The number of anilines is 1. The maximum absolute atomic E-state index is 5.96. The molecule has 0 aliphatic carbocycles. The van der Waals surface area contributed by atoms with E-state index in [1.54, 1.807) is 7.11 Å². The number of methoxy groups -OCH3 is 1. The van der Waals surface area contributed by atoms with Gasteiger partial charge in [0.15, 0.2) is 0 Å². The fourth-order valence-corrected chi connectivity index (χ4v) is 2.18. The van der Waals surface area contributed by atoms with Crippen LogP contribution in [-0.2, 0) is 0 Å². The second kappa shape index (κ2) is 5.22. The Hall–Kier alpha value is -2.16. The van der Waals surface area contributed by atoms with Crippen LogP contribution in [0.2, 0.25) is 0 Å². The number of benzene rings is 2. The van der Waals surface area contributed by atoms with E-state index < -0.39 is 0 Å². The fraction of sp³-hybridized carbons (Fsp3) is 0.250. The van der Waals surface area contributed by atoms with Gasteiger partial charge in [-0.05, 0) is 67.8 Å². The average Bonchev–Trinajstić information content (AvgIpc) is 2.34. The highest BCUT2D eigenvalue weighted by Crippen LogP contribution is 2.32. The van der Waals surface area contributed by atoms with Crippen molar-refractivity contribution in [2.24, 2.45) is 0 Å². The molecule has 100 valence electrons. The first-order valence-corrected chi connectivity index (χ1v) is 6.20. The third-order valence-electron chi connectivity index (χ3n) is 3.07. The lowest BCUT2D eigenvalue weighted by atomic mass is 10.1. The van der Waals surface area contributed by atoms with E-state index in [1.807, 2.05) is 51.1 Å². The SMILES string of the molecule is COc1ccc(Oc2c(C)cc(N)cc2C)cc1C. The topological polar surface area (TPSA) is 44.5 Å². The quantitative estimate of drug-likeness (QED) is 0.845. The zero-order chi connectivity index (χ0) is 14.0. The molecule has 3 heteroatoms. The molecule has 19 heavy (non-hydrogen) atoms. The van der Waals surface area contributed by atoms with E-state index in [4.69, 9.17) is 15.2 Å². The van der Waals surface area contributed by atoms with E-state index in [0.29, 0.717) is 0 Å². The summed E-state index contributed by atoms with van der Waals surface area (Å²) in [4.78, 5) is 0. The molecule has 0 heterocycles. The molecule has 2 aromatic carbocycles. The van der Waals surface area contributed by atoms with Gasteiger partial charge in [0.05, 0.1) is 7.11 Å². The highest BCUT2D eigenvalue weighted by molar-refractivity contribution is 5.54. The number of ether oxygens (including phenoxy) is 2. The van der Waals surface area contributed by atoms with Gasteiger partial charge in [0.1, 0.15) is 17.2 Å². The molecule has 0 unspecified atom stereocenters. The molecule has 0 bridgehead atoms. The Morgan fingerprint density at radius 3 is 2.05 bits per heavy atom. The molecule has 0 fully saturated rings. The zero-order valence-electron chi connectivity index (χ0n) is 11.8. The summed E-state index contributed by atoms with van der Waals surface area (Å²) in [6, 6.07) is 9.61. The minimum Gasteiger partial charge on any atom is -0.496 e. The summed E-state index contributed by atoms with van der Waals surface area (Å²) in [6.45, 7) is 5.98. The van der Waals surface area contributed by atoms with Crippen LogP contribution in [-0.4, -0.2) is 7.11 Å². The number of nitrogens with two attached hydrogens (primary N) is 1. The van der Waals surface area contributed by atoms with Gasteiger partial charge in [-0.15, -0.1) is 0 Å². The summed E-state index contributed by atoms with van der Waals surface area (Å²) in [5.74, 6) is 2.52. The van der Waals surface area contributed by atoms with Gasteiger partial charge in [-0.25, -0.2) is 0 Å². The normalized spacial score (nSPS) is 10.3. The highest BCUT2D eigenvalue weighted by atomic mass is 16.5. The molecule has 0 atom stereocenters. The molecule has 0 saturated heterocycles. The minimum absolute atomic E-state index is 0.758. The van der Waals surface area contributed by atoms with Crippen LogP contribution >= 0.6 is 0 Å². The summed E-state index contributed by atoms with van der Waals surface area (Å²) >= 11 is 0. The van der Waals surface area contributed by atoms with Crippen molar-refractivity contribution in [3.8, 4) is 17.2 Å². The van der Waals surface area contributed by atoms with Crippen LogP contribution in [0.15, 0.2) is 30.3 Å².